The van der Waals surface area contributed by atoms with E-state index in [1.807, 2.05) is 18.2 Å². The standard InChI is InChI=1S/C15H22O2/c1-2-3-5-10-14-11-17-15(12-16-14)13-8-6-4-7-9-13/h4,6-9,14-15H,2-3,5,10-12H2,1H3/t14-,15-/m1/s1. The summed E-state index contributed by atoms with van der Waals surface area (Å²) in [5.74, 6) is 0. The molecule has 1 heterocycles. The van der Waals surface area contributed by atoms with Crippen LogP contribution in [0.25, 0.3) is 0 Å². The van der Waals surface area contributed by atoms with Crippen molar-refractivity contribution >= 4 is 0 Å². The van der Waals surface area contributed by atoms with Gasteiger partial charge in [-0.15, -0.1) is 0 Å². The Labute approximate surface area is 104 Å². The third-order valence-electron chi connectivity index (χ3n) is 3.27. The average molecular weight is 234 g/mol. The van der Waals surface area contributed by atoms with Crippen molar-refractivity contribution in [2.75, 3.05) is 13.2 Å². The van der Waals surface area contributed by atoms with E-state index in [1.165, 1.54) is 24.8 Å². The predicted octanol–water partition coefficient (Wildman–Crippen LogP) is 3.72. The van der Waals surface area contributed by atoms with Crippen molar-refractivity contribution in [3.05, 3.63) is 35.9 Å². The van der Waals surface area contributed by atoms with Crippen LogP contribution in [0.3, 0.4) is 0 Å². The molecule has 2 nitrogen and oxygen atoms in total. The average Bonchev–Trinajstić information content (AvgIpc) is 2.41. The molecule has 0 N–H and O–H groups in total. The van der Waals surface area contributed by atoms with Crippen LogP contribution < -0.4 is 0 Å². The zero-order valence-corrected chi connectivity index (χ0v) is 10.6. The maximum absolute atomic E-state index is 5.88. The normalized spacial score (nSPS) is 24.8. The molecule has 0 radical (unpaired) electrons. The van der Waals surface area contributed by atoms with Crippen molar-refractivity contribution in [1.82, 2.24) is 0 Å². The molecule has 1 aliphatic heterocycles. The lowest BCUT2D eigenvalue weighted by Gasteiger charge is -2.29. The van der Waals surface area contributed by atoms with Crippen LogP contribution in [0, 0.1) is 0 Å². The highest BCUT2D eigenvalue weighted by Gasteiger charge is 2.22. The zero-order chi connectivity index (χ0) is 11.9. The van der Waals surface area contributed by atoms with Crippen molar-refractivity contribution in [2.45, 2.75) is 44.8 Å². The van der Waals surface area contributed by atoms with Gasteiger partial charge >= 0.3 is 0 Å². The summed E-state index contributed by atoms with van der Waals surface area (Å²) < 4.78 is 11.7. The van der Waals surface area contributed by atoms with Gasteiger partial charge in [-0.3, -0.25) is 0 Å². The van der Waals surface area contributed by atoms with Gasteiger partial charge in [-0.1, -0.05) is 56.5 Å². The van der Waals surface area contributed by atoms with E-state index in [0.29, 0.717) is 12.7 Å². The van der Waals surface area contributed by atoms with Crippen molar-refractivity contribution in [3.8, 4) is 0 Å². The summed E-state index contributed by atoms with van der Waals surface area (Å²) in [6.45, 7) is 3.66. The van der Waals surface area contributed by atoms with E-state index in [-0.39, 0.29) is 6.10 Å². The fourth-order valence-electron chi connectivity index (χ4n) is 2.19. The van der Waals surface area contributed by atoms with Gasteiger partial charge in [0.05, 0.1) is 19.3 Å². The summed E-state index contributed by atoms with van der Waals surface area (Å²) in [5, 5.41) is 0. The molecule has 0 spiro atoms. The molecule has 1 saturated heterocycles. The summed E-state index contributed by atoms with van der Waals surface area (Å²) >= 11 is 0. The highest BCUT2D eigenvalue weighted by atomic mass is 16.6. The van der Waals surface area contributed by atoms with Crippen LogP contribution in [-0.2, 0) is 9.47 Å². The van der Waals surface area contributed by atoms with E-state index in [2.05, 4.69) is 19.1 Å². The van der Waals surface area contributed by atoms with E-state index in [0.717, 1.165) is 13.0 Å². The first-order valence-electron chi connectivity index (χ1n) is 6.68. The third kappa shape index (κ3) is 3.83. The minimum atomic E-state index is 0.124. The Balaban J connectivity index is 1.74. The van der Waals surface area contributed by atoms with Gasteiger partial charge < -0.3 is 9.47 Å². The van der Waals surface area contributed by atoms with Gasteiger partial charge in [-0.2, -0.15) is 0 Å². The highest BCUT2D eigenvalue weighted by Crippen LogP contribution is 2.24. The van der Waals surface area contributed by atoms with Crippen LogP contribution in [0.4, 0.5) is 0 Å². The molecule has 0 amide bonds. The summed E-state index contributed by atoms with van der Waals surface area (Å²) in [7, 11) is 0. The monoisotopic (exact) mass is 234 g/mol. The van der Waals surface area contributed by atoms with Gasteiger partial charge in [0.2, 0.25) is 0 Å². The second kappa shape index (κ2) is 6.77. The van der Waals surface area contributed by atoms with E-state index >= 15 is 0 Å². The van der Waals surface area contributed by atoms with Crippen LogP contribution in [-0.4, -0.2) is 19.3 Å². The molecule has 0 aliphatic carbocycles. The fraction of sp³-hybridized carbons (Fsp3) is 0.600. The molecule has 1 aromatic carbocycles. The molecule has 1 fully saturated rings. The van der Waals surface area contributed by atoms with Crippen molar-refractivity contribution in [3.63, 3.8) is 0 Å². The topological polar surface area (TPSA) is 18.5 Å². The van der Waals surface area contributed by atoms with Crippen LogP contribution in [0.15, 0.2) is 30.3 Å². The van der Waals surface area contributed by atoms with Crippen molar-refractivity contribution in [1.29, 1.82) is 0 Å². The van der Waals surface area contributed by atoms with Gasteiger partial charge in [0, 0.05) is 0 Å². The molecule has 2 heteroatoms. The largest absolute Gasteiger partial charge is 0.373 e. The Hall–Kier alpha value is -0.860. The van der Waals surface area contributed by atoms with Crippen LogP contribution in [0.5, 0.6) is 0 Å². The van der Waals surface area contributed by atoms with Crippen LogP contribution in [0.2, 0.25) is 0 Å². The number of benzene rings is 1. The summed E-state index contributed by atoms with van der Waals surface area (Å²) in [6.07, 6.45) is 5.37. The number of rotatable bonds is 5. The molecule has 1 aliphatic rings. The first kappa shape index (κ1) is 12.6. The molecule has 0 saturated carbocycles. The SMILES string of the molecule is CCCCC[C@@H]1CO[C@@H](c2ccccc2)CO1. The molecular weight excluding hydrogens is 212 g/mol. The molecule has 0 aromatic heterocycles. The number of hydrogen-bond donors (Lipinski definition) is 0. The maximum atomic E-state index is 5.88. The quantitative estimate of drug-likeness (QED) is 0.723. The minimum absolute atomic E-state index is 0.124. The molecule has 2 atom stereocenters. The first-order valence-corrected chi connectivity index (χ1v) is 6.68. The predicted molar refractivity (Wildman–Crippen MR) is 69.0 cm³/mol. The summed E-state index contributed by atoms with van der Waals surface area (Å²) in [6, 6.07) is 10.3. The second-order valence-electron chi connectivity index (χ2n) is 4.68. The van der Waals surface area contributed by atoms with E-state index < -0.39 is 0 Å². The fourth-order valence-corrected chi connectivity index (χ4v) is 2.19. The molecule has 94 valence electrons. The summed E-state index contributed by atoms with van der Waals surface area (Å²) in [5.41, 5.74) is 1.22. The van der Waals surface area contributed by atoms with Crippen molar-refractivity contribution < 1.29 is 9.47 Å². The Morgan fingerprint density at radius 3 is 2.53 bits per heavy atom. The molecular formula is C15H22O2. The Morgan fingerprint density at radius 1 is 1.06 bits per heavy atom. The van der Waals surface area contributed by atoms with Crippen molar-refractivity contribution in [2.24, 2.45) is 0 Å². The molecule has 2 rings (SSSR count). The molecule has 0 unspecified atom stereocenters. The van der Waals surface area contributed by atoms with E-state index in [1.54, 1.807) is 0 Å². The lowest BCUT2D eigenvalue weighted by atomic mass is 10.1. The lowest BCUT2D eigenvalue weighted by molar-refractivity contribution is -0.137. The van der Waals surface area contributed by atoms with Gasteiger partial charge in [0.15, 0.2) is 0 Å². The molecule has 0 bridgehead atoms. The maximum Gasteiger partial charge on any atom is 0.106 e. The highest BCUT2D eigenvalue weighted by molar-refractivity contribution is 5.17. The Bertz CT molecular complexity index is 302. The molecule has 17 heavy (non-hydrogen) atoms. The van der Waals surface area contributed by atoms with Gasteiger partial charge in [-0.25, -0.2) is 0 Å². The Kier molecular flexibility index (Phi) is 5.02. The number of hydrogen-bond acceptors (Lipinski definition) is 2. The van der Waals surface area contributed by atoms with Crippen LogP contribution in [0.1, 0.15) is 44.3 Å². The second-order valence-corrected chi connectivity index (χ2v) is 4.68. The Morgan fingerprint density at radius 2 is 1.88 bits per heavy atom. The minimum Gasteiger partial charge on any atom is -0.373 e. The van der Waals surface area contributed by atoms with Gasteiger partial charge in [0.25, 0.3) is 0 Å². The third-order valence-corrected chi connectivity index (χ3v) is 3.27. The first-order chi connectivity index (χ1) is 8.40. The molecule has 1 aromatic rings. The number of unbranched alkanes of at least 4 members (excludes halogenated alkanes) is 2. The van der Waals surface area contributed by atoms with Gasteiger partial charge in [0.1, 0.15) is 6.10 Å². The zero-order valence-electron chi connectivity index (χ0n) is 10.6. The van der Waals surface area contributed by atoms with E-state index in [4.69, 9.17) is 9.47 Å². The van der Waals surface area contributed by atoms with Gasteiger partial charge in [-0.05, 0) is 12.0 Å². The van der Waals surface area contributed by atoms with Crippen LogP contribution >= 0.6 is 0 Å². The smallest absolute Gasteiger partial charge is 0.106 e. The van der Waals surface area contributed by atoms with E-state index in [9.17, 15) is 0 Å². The summed E-state index contributed by atoms with van der Waals surface area (Å²) in [4.78, 5) is 0. The number of ether oxygens (including phenoxy) is 2. The lowest BCUT2D eigenvalue weighted by Crippen LogP contribution is -2.31.